The van der Waals surface area contributed by atoms with Crippen molar-refractivity contribution >= 4 is 12.0 Å². The fourth-order valence-electron chi connectivity index (χ4n) is 6.43. The van der Waals surface area contributed by atoms with Crippen LogP contribution in [-0.4, -0.2) is 64.7 Å². The molecule has 0 radical (unpaired) electrons. The van der Waals surface area contributed by atoms with Crippen molar-refractivity contribution in [2.75, 3.05) is 26.2 Å². The van der Waals surface area contributed by atoms with Crippen molar-refractivity contribution in [1.29, 1.82) is 0 Å². The normalized spacial score (nSPS) is 28.8. The van der Waals surface area contributed by atoms with E-state index >= 15 is 0 Å². The molecule has 35 heavy (non-hydrogen) atoms. The average molecular weight is 484 g/mol. The molecule has 2 aliphatic carbocycles. The van der Waals surface area contributed by atoms with Crippen LogP contribution in [-0.2, 0) is 11.3 Å². The van der Waals surface area contributed by atoms with Crippen LogP contribution in [0.25, 0.3) is 0 Å². The first-order valence-corrected chi connectivity index (χ1v) is 13.5. The number of likely N-dealkylation sites (tertiary alicyclic amines) is 1. The quantitative estimate of drug-likeness (QED) is 0.589. The fourth-order valence-corrected chi connectivity index (χ4v) is 6.43. The maximum absolute atomic E-state index is 12.9. The van der Waals surface area contributed by atoms with Gasteiger partial charge in [-0.05, 0) is 101 Å². The Labute approximate surface area is 209 Å². The number of carboxylic acid groups (broad SMARTS) is 1. The van der Waals surface area contributed by atoms with E-state index in [9.17, 15) is 14.7 Å². The summed E-state index contributed by atoms with van der Waals surface area (Å²) >= 11 is 0. The molecule has 2 saturated carbocycles. The number of carbonyl (C=O) groups excluding carboxylic acids is 1. The first kappa shape index (κ1) is 24.4. The van der Waals surface area contributed by atoms with Gasteiger partial charge in [0.1, 0.15) is 5.75 Å². The molecule has 2 amide bonds. The first-order valence-electron chi connectivity index (χ1n) is 13.5. The second-order valence-corrected chi connectivity index (χ2v) is 11.7. The largest absolute Gasteiger partial charge is 0.494 e. The lowest BCUT2D eigenvalue weighted by Crippen LogP contribution is -2.52. The smallest absolute Gasteiger partial charge is 0.318 e. The summed E-state index contributed by atoms with van der Waals surface area (Å²) in [5.41, 5.74) is 3.34. The topological polar surface area (TPSA) is 82.1 Å². The molecule has 7 nitrogen and oxygen atoms in total. The van der Waals surface area contributed by atoms with E-state index in [-0.39, 0.29) is 17.6 Å². The molecule has 192 valence electrons. The SMILES string of the molecule is CCOc1cc(CN2CCC3(CC2)CN([C@H]2CC[C@](C)(C(=O)O)CC2)C(=O)N3)c(C2CC2)cc1C. The minimum absolute atomic E-state index is 0.0401. The number of aliphatic carboxylic acids is 1. The van der Waals surface area contributed by atoms with Crippen LogP contribution in [0.15, 0.2) is 12.1 Å². The summed E-state index contributed by atoms with van der Waals surface area (Å²) in [6.45, 7) is 10.3. The maximum atomic E-state index is 12.9. The third-order valence-corrected chi connectivity index (χ3v) is 9.08. The summed E-state index contributed by atoms with van der Waals surface area (Å²) in [4.78, 5) is 29.1. The van der Waals surface area contributed by atoms with Crippen LogP contribution in [0.2, 0.25) is 0 Å². The van der Waals surface area contributed by atoms with E-state index < -0.39 is 11.4 Å². The molecule has 0 atom stereocenters. The second-order valence-electron chi connectivity index (χ2n) is 11.7. The van der Waals surface area contributed by atoms with Gasteiger partial charge in [-0.25, -0.2) is 4.79 Å². The van der Waals surface area contributed by atoms with Gasteiger partial charge in [-0.3, -0.25) is 9.69 Å². The fraction of sp³-hybridized carbons (Fsp3) is 0.714. The maximum Gasteiger partial charge on any atom is 0.318 e. The number of urea groups is 1. The van der Waals surface area contributed by atoms with Gasteiger partial charge < -0.3 is 20.1 Å². The first-order chi connectivity index (χ1) is 16.7. The van der Waals surface area contributed by atoms with Crippen molar-refractivity contribution in [1.82, 2.24) is 15.1 Å². The van der Waals surface area contributed by atoms with Crippen LogP contribution >= 0.6 is 0 Å². The van der Waals surface area contributed by atoms with Crippen LogP contribution in [0.1, 0.15) is 87.8 Å². The zero-order valence-electron chi connectivity index (χ0n) is 21.6. The lowest BCUT2D eigenvalue weighted by molar-refractivity contribution is -0.150. The number of piperidine rings is 1. The third-order valence-electron chi connectivity index (χ3n) is 9.08. The predicted octanol–water partition coefficient (Wildman–Crippen LogP) is 4.66. The van der Waals surface area contributed by atoms with E-state index in [1.54, 1.807) is 0 Å². The minimum atomic E-state index is -0.711. The number of nitrogens with one attached hydrogen (secondary N) is 1. The Hall–Kier alpha value is -2.28. The molecule has 2 aliphatic heterocycles. The molecule has 4 aliphatic rings. The number of hydrogen-bond acceptors (Lipinski definition) is 4. The number of hydrogen-bond donors (Lipinski definition) is 2. The van der Waals surface area contributed by atoms with E-state index in [1.165, 1.54) is 29.5 Å². The standard InChI is InChI=1S/C28H41N3O4/c1-4-35-24-16-21(23(15-19(24)2)20-5-6-20)17-30-13-11-28(12-14-30)18-31(26(34)29-28)22-7-9-27(3,10-8-22)25(32)33/h15-16,20,22H,4-14,17-18H2,1-3H3,(H,29,34)(H,32,33)/t22-,27-. The van der Waals surface area contributed by atoms with E-state index in [0.29, 0.717) is 25.4 Å². The van der Waals surface area contributed by atoms with E-state index in [1.807, 2.05) is 18.7 Å². The number of amides is 2. The Bertz CT molecular complexity index is 973. The summed E-state index contributed by atoms with van der Waals surface area (Å²) in [7, 11) is 0. The third kappa shape index (κ3) is 4.89. The van der Waals surface area contributed by atoms with Gasteiger partial charge >= 0.3 is 12.0 Å². The van der Waals surface area contributed by atoms with Crippen LogP contribution < -0.4 is 10.1 Å². The Kier molecular flexibility index (Phi) is 6.49. The number of carbonyl (C=O) groups is 2. The van der Waals surface area contributed by atoms with E-state index in [0.717, 1.165) is 57.6 Å². The van der Waals surface area contributed by atoms with E-state index in [4.69, 9.17) is 4.74 Å². The zero-order valence-corrected chi connectivity index (χ0v) is 21.6. The van der Waals surface area contributed by atoms with Crippen molar-refractivity contribution in [2.45, 2.75) is 96.2 Å². The van der Waals surface area contributed by atoms with Crippen molar-refractivity contribution in [3.8, 4) is 5.75 Å². The van der Waals surface area contributed by atoms with Crippen LogP contribution in [0.3, 0.4) is 0 Å². The highest BCUT2D eigenvalue weighted by molar-refractivity contribution is 5.78. The highest BCUT2D eigenvalue weighted by Gasteiger charge is 2.48. The predicted molar refractivity (Wildman–Crippen MR) is 135 cm³/mol. The summed E-state index contributed by atoms with van der Waals surface area (Å²) in [5, 5.41) is 12.9. The number of rotatable bonds is 7. The lowest BCUT2D eigenvalue weighted by atomic mass is 9.73. The molecule has 0 aromatic heterocycles. The minimum Gasteiger partial charge on any atom is -0.494 e. The Balaban J connectivity index is 1.20. The molecule has 1 spiro atoms. The van der Waals surface area contributed by atoms with Crippen molar-refractivity contribution in [3.63, 3.8) is 0 Å². The van der Waals surface area contributed by atoms with Gasteiger partial charge in [-0.2, -0.15) is 0 Å². The Morgan fingerprint density at radius 1 is 1.14 bits per heavy atom. The molecule has 7 heteroatoms. The molecular weight excluding hydrogens is 442 g/mol. The Morgan fingerprint density at radius 2 is 1.83 bits per heavy atom. The lowest BCUT2D eigenvalue weighted by Gasteiger charge is -2.40. The molecule has 0 unspecified atom stereocenters. The number of ether oxygens (including phenoxy) is 1. The molecule has 5 rings (SSSR count). The molecule has 1 aromatic rings. The second kappa shape index (κ2) is 9.30. The highest BCUT2D eigenvalue weighted by atomic mass is 16.5. The van der Waals surface area contributed by atoms with Gasteiger partial charge in [0, 0.05) is 32.2 Å². The number of benzene rings is 1. The van der Waals surface area contributed by atoms with Gasteiger partial charge in [0.05, 0.1) is 17.6 Å². The van der Waals surface area contributed by atoms with Gasteiger partial charge in [0.15, 0.2) is 0 Å². The summed E-state index contributed by atoms with van der Waals surface area (Å²) < 4.78 is 5.90. The number of carboxylic acids is 1. The summed E-state index contributed by atoms with van der Waals surface area (Å²) in [5.74, 6) is 1.000. The van der Waals surface area contributed by atoms with Crippen molar-refractivity contribution in [3.05, 3.63) is 28.8 Å². The van der Waals surface area contributed by atoms with Crippen LogP contribution in [0, 0.1) is 12.3 Å². The van der Waals surface area contributed by atoms with Gasteiger partial charge in [-0.1, -0.05) is 6.07 Å². The zero-order chi connectivity index (χ0) is 24.8. The summed E-state index contributed by atoms with van der Waals surface area (Å²) in [6, 6.07) is 4.81. The van der Waals surface area contributed by atoms with Gasteiger partial charge in [0.2, 0.25) is 0 Å². The van der Waals surface area contributed by atoms with E-state index in [2.05, 4.69) is 29.3 Å². The van der Waals surface area contributed by atoms with Crippen LogP contribution in [0.4, 0.5) is 4.79 Å². The number of aryl methyl sites for hydroxylation is 1. The average Bonchev–Trinajstić information content (AvgIpc) is 3.62. The molecule has 2 N–H and O–H groups in total. The Morgan fingerprint density at radius 3 is 2.43 bits per heavy atom. The molecule has 1 aromatic carbocycles. The molecular formula is C28H41N3O4. The molecule has 4 fully saturated rings. The number of nitrogens with zero attached hydrogens (tertiary/aromatic N) is 2. The molecule has 0 bridgehead atoms. The van der Waals surface area contributed by atoms with Crippen LogP contribution in [0.5, 0.6) is 5.75 Å². The molecule has 2 heterocycles. The van der Waals surface area contributed by atoms with Crippen molar-refractivity contribution in [2.24, 2.45) is 5.41 Å². The summed E-state index contributed by atoms with van der Waals surface area (Å²) in [6.07, 6.45) is 7.32. The highest BCUT2D eigenvalue weighted by Crippen LogP contribution is 2.44. The monoisotopic (exact) mass is 483 g/mol. The van der Waals surface area contributed by atoms with Crippen molar-refractivity contribution < 1.29 is 19.4 Å². The van der Waals surface area contributed by atoms with Gasteiger partial charge in [-0.15, -0.1) is 0 Å². The molecule has 2 saturated heterocycles. The van der Waals surface area contributed by atoms with Gasteiger partial charge in [0.25, 0.3) is 0 Å².